The third-order valence-electron chi connectivity index (χ3n) is 2.83. The number of allylic oxidation sites excluding steroid dienone is 2. The molecule has 1 saturated heterocycles. The summed E-state index contributed by atoms with van der Waals surface area (Å²) >= 11 is 0. The van der Waals surface area contributed by atoms with E-state index >= 15 is 0 Å². The highest BCUT2D eigenvalue weighted by atomic mass is 16.2. The molecule has 1 heterocycles. The monoisotopic (exact) mass is 190 g/mol. The van der Waals surface area contributed by atoms with Crippen molar-refractivity contribution in [3.05, 3.63) is 12.2 Å². The molecule has 2 atom stereocenters. The van der Waals surface area contributed by atoms with Crippen LogP contribution in [0.25, 0.3) is 0 Å². The largest absolute Gasteiger partial charge is 0.274 e. The Hall–Kier alpha value is -1.63. The van der Waals surface area contributed by atoms with Crippen molar-refractivity contribution >= 4 is 11.8 Å². The van der Waals surface area contributed by atoms with Gasteiger partial charge in [-0.25, -0.2) is 0 Å². The molecule has 0 bridgehead atoms. The first-order chi connectivity index (χ1) is 6.75. The SMILES string of the molecule is N#CCN1C(=O)[C@H]2CC=CC[C@H]2C1=O. The lowest BCUT2D eigenvalue weighted by molar-refractivity contribution is -0.139. The number of nitrogens with zero attached hydrogens (tertiary/aromatic N) is 2. The lowest BCUT2D eigenvalue weighted by Crippen LogP contribution is -2.31. The van der Waals surface area contributed by atoms with Crippen LogP contribution in [0.1, 0.15) is 12.8 Å². The molecule has 0 spiro atoms. The maximum absolute atomic E-state index is 11.7. The summed E-state index contributed by atoms with van der Waals surface area (Å²) in [4.78, 5) is 24.4. The number of imide groups is 1. The molecular formula is C10H10N2O2. The minimum atomic E-state index is -0.208. The molecule has 2 rings (SSSR count). The van der Waals surface area contributed by atoms with Crippen molar-refractivity contribution in [1.82, 2.24) is 4.90 Å². The van der Waals surface area contributed by atoms with Crippen LogP contribution in [0.4, 0.5) is 0 Å². The van der Waals surface area contributed by atoms with E-state index in [4.69, 9.17) is 5.26 Å². The first kappa shape index (κ1) is 8.95. The number of rotatable bonds is 1. The van der Waals surface area contributed by atoms with Gasteiger partial charge in [-0.3, -0.25) is 14.5 Å². The summed E-state index contributed by atoms with van der Waals surface area (Å²) in [6, 6.07) is 1.84. The van der Waals surface area contributed by atoms with Gasteiger partial charge in [-0.05, 0) is 12.8 Å². The van der Waals surface area contributed by atoms with E-state index in [2.05, 4.69) is 0 Å². The Morgan fingerprint density at radius 2 is 1.79 bits per heavy atom. The maximum atomic E-state index is 11.7. The zero-order chi connectivity index (χ0) is 10.1. The molecule has 0 N–H and O–H groups in total. The molecule has 0 aromatic carbocycles. The normalized spacial score (nSPS) is 30.4. The number of carbonyl (C=O) groups excluding carboxylic acids is 2. The minimum Gasteiger partial charge on any atom is -0.274 e. The molecule has 4 nitrogen and oxygen atoms in total. The molecule has 1 aliphatic heterocycles. The van der Waals surface area contributed by atoms with E-state index in [0.717, 1.165) is 4.90 Å². The van der Waals surface area contributed by atoms with Crippen LogP contribution in [0.15, 0.2) is 12.2 Å². The summed E-state index contributed by atoms with van der Waals surface area (Å²) in [5.74, 6) is -0.765. The second-order valence-electron chi connectivity index (χ2n) is 3.58. The van der Waals surface area contributed by atoms with Gasteiger partial charge >= 0.3 is 0 Å². The lowest BCUT2D eigenvalue weighted by atomic mass is 9.85. The smallest absolute Gasteiger partial charge is 0.234 e. The molecule has 0 aromatic heterocycles. The minimum absolute atomic E-state index is 0.106. The maximum Gasteiger partial charge on any atom is 0.234 e. The van der Waals surface area contributed by atoms with Crippen LogP contribution >= 0.6 is 0 Å². The van der Waals surface area contributed by atoms with Crippen LogP contribution in [0, 0.1) is 23.2 Å². The van der Waals surface area contributed by atoms with E-state index in [1.165, 1.54) is 0 Å². The van der Waals surface area contributed by atoms with E-state index in [1.54, 1.807) is 0 Å². The number of fused-ring (bicyclic) bond motifs is 1. The Morgan fingerprint density at radius 3 is 2.21 bits per heavy atom. The number of hydrogen-bond acceptors (Lipinski definition) is 3. The highest BCUT2D eigenvalue weighted by Crippen LogP contribution is 2.34. The Bertz CT molecular complexity index is 328. The number of likely N-dealkylation sites (tertiary alicyclic amines) is 1. The highest BCUT2D eigenvalue weighted by Gasteiger charge is 2.46. The first-order valence-corrected chi connectivity index (χ1v) is 4.63. The molecule has 2 aliphatic rings. The average molecular weight is 190 g/mol. The van der Waals surface area contributed by atoms with Crippen LogP contribution in [0.5, 0.6) is 0 Å². The van der Waals surface area contributed by atoms with Crippen LogP contribution < -0.4 is 0 Å². The van der Waals surface area contributed by atoms with E-state index in [0.29, 0.717) is 12.8 Å². The fourth-order valence-corrected chi connectivity index (χ4v) is 2.10. The average Bonchev–Trinajstić information content (AvgIpc) is 2.45. The first-order valence-electron chi connectivity index (χ1n) is 4.63. The van der Waals surface area contributed by atoms with Gasteiger partial charge in [0.25, 0.3) is 0 Å². The fourth-order valence-electron chi connectivity index (χ4n) is 2.10. The molecule has 0 radical (unpaired) electrons. The predicted molar refractivity (Wildman–Crippen MR) is 47.7 cm³/mol. The second kappa shape index (κ2) is 3.26. The number of nitriles is 1. The third-order valence-corrected chi connectivity index (χ3v) is 2.83. The van der Waals surface area contributed by atoms with Crippen LogP contribution in [0.3, 0.4) is 0 Å². The second-order valence-corrected chi connectivity index (χ2v) is 3.58. The molecule has 0 unspecified atom stereocenters. The summed E-state index contributed by atoms with van der Waals surface area (Å²) in [6.07, 6.45) is 5.14. The number of amides is 2. The molecule has 2 amide bonds. The molecule has 0 saturated carbocycles. The van der Waals surface area contributed by atoms with Crippen molar-refractivity contribution in [2.24, 2.45) is 11.8 Å². The molecule has 4 heteroatoms. The third kappa shape index (κ3) is 1.13. The van der Waals surface area contributed by atoms with Gasteiger partial charge in [-0.1, -0.05) is 12.2 Å². The quantitative estimate of drug-likeness (QED) is 0.343. The molecule has 1 aliphatic carbocycles. The van der Waals surface area contributed by atoms with Crippen LogP contribution in [-0.2, 0) is 9.59 Å². The van der Waals surface area contributed by atoms with Crippen molar-refractivity contribution < 1.29 is 9.59 Å². The van der Waals surface area contributed by atoms with Gasteiger partial charge in [0.2, 0.25) is 11.8 Å². The standard InChI is InChI=1S/C10H10N2O2/c11-5-6-12-9(13)7-3-1-2-4-8(7)10(12)14/h1-2,7-8H,3-4,6H2/t7-,8+. The van der Waals surface area contributed by atoms with Gasteiger partial charge in [-0.2, -0.15) is 5.26 Å². The van der Waals surface area contributed by atoms with Gasteiger partial charge in [0.1, 0.15) is 6.54 Å². The van der Waals surface area contributed by atoms with Crippen molar-refractivity contribution in [3.63, 3.8) is 0 Å². The molecule has 72 valence electrons. The van der Waals surface area contributed by atoms with Gasteiger partial charge < -0.3 is 0 Å². The van der Waals surface area contributed by atoms with Gasteiger partial charge in [0.15, 0.2) is 0 Å². The topological polar surface area (TPSA) is 61.2 Å². The zero-order valence-corrected chi connectivity index (χ0v) is 7.64. The van der Waals surface area contributed by atoms with Gasteiger partial charge in [-0.15, -0.1) is 0 Å². The fraction of sp³-hybridized carbons (Fsp3) is 0.500. The van der Waals surface area contributed by atoms with Gasteiger partial charge in [0.05, 0.1) is 17.9 Å². The molecule has 0 aromatic rings. The van der Waals surface area contributed by atoms with E-state index in [1.807, 2.05) is 18.2 Å². The van der Waals surface area contributed by atoms with Crippen molar-refractivity contribution in [2.45, 2.75) is 12.8 Å². The van der Waals surface area contributed by atoms with E-state index in [9.17, 15) is 9.59 Å². The lowest BCUT2D eigenvalue weighted by Gasteiger charge is -2.14. The summed E-state index contributed by atoms with van der Waals surface area (Å²) in [5.41, 5.74) is 0. The molecule has 14 heavy (non-hydrogen) atoms. The summed E-state index contributed by atoms with van der Waals surface area (Å²) in [5, 5.41) is 8.48. The van der Waals surface area contributed by atoms with Crippen molar-refractivity contribution in [1.29, 1.82) is 5.26 Å². The number of carbonyl (C=O) groups is 2. The Balaban J connectivity index is 2.25. The van der Waals surface area contributed by atoms with Crippen molar-refractivity contribution in [3.8, 4) is 6.07 Å². The zero-order valence-electron chi connectivity index (χ0n) is 7.64. The Kier molecular flexibility index (Phi) is 2.08. The van der Waals surface area contributed by atoms with Crippen LogP contribution in [-0.4, -0.2) is 23.3 Å². The number of hydrogen-bond donors (Lipinski definition) is 0. The van der Waals surface area contributed by atoms with E-state index in [-0.39, 0.29) is 30.2 Å². The van der Waals surface area contributed by atoms with E-state index < -0.39 is 0 Å². The predicted octanol–water partition coefficient (Wildman–Crippen LogP) is 0.461. The summed E-state index contributed by atoms with van der Waals surface area (Å²) in [7, 11) is 0. The van der Waals surface area contributed by atoms with Gasteiger partial charge in [0, 0.05) is 0 Å². The highest BCUT2D eigenvalue weighted by molar-refractivity contribution is 6.05. The molecule has 1 fully saturated rings. The summed E-state index contributed by atoms with van der Waals surface area (Å²) < 4.78 is 0. The Morgan fingerprint density at radius 1 is 1.29 bits per heavy atom. The molecular weight excluding hydrogens is 180 g/mol. The summed E-state index contributed by atoms with van der Waals surface area (Å²) in [6.45, 7) is -0.106. The van der Waals surface area contributed by atoms with Crippen LogP contribution in [0.2, 0.25) is 0 Å². The van der Waals surface area contributed by atoms with Crippen molar-refractivity contribution in [2.75, 3.05) is 6.54 Å². The Labute approximate surface area is 81.8 Å².